The summed E-state index contributed by atoms with van der Waals surface area (Å²) in [5.41, 5.74) is 4.15. The Hall–Kier alpha value is -1.94. The molecular weight excluding hydrogens is 342 g/mol. The lowest BCUT2D eigenvalue weighted by atomic mass is 9.93. The van der Waals surface area contributed by atoms with Crippen LogP contribution in [0.4, 0.5) is 0 Å². The van der Waals surface area contributed by atoms with Crippen molar-refractivity contribution in [2.24, 2.45) is 0 Å². The highest BCUT2D eigenvalue weighted by molar-refractivity contribution is 7.99. The standard InChI is InChI=1S/C22H29NO2S/c1-7-26-21-11-9-8-10-17(21)22(24)23-16(5)19-13-18(14(2)3)20(25-6)12-15(19)4/h8-14,16H,7H2,1-6H3,(H,23,24)/t16-/m0/s1. The second kappa shape index (κ2) is 9.13. The molecule has 0 aliphatic carbocycles. The molecule has 4 heteroatoms. The summed E-state index contributed by atoms with van der Waals surface area (Å²) in [6.07, 6.45) is 0. The minimum absolute atomic E-state index is 0.0321. The molecule has 140 valence electrons. The molecule has 0 saturated carbocycles. The number of benzene rings is 2. The highest BCUT2D eigenvalue weighted by atomic mass is 32.2. The third kappa shape index (κ3) is 4.61. The monoisotopic (exact) mass is 371 g/mol. The third-order valence-corrected chi connectivity index (χ3v) is 5.44. The van der Waals surface area contributed by atoms with Crippen LogP contribution in [-0.4, -0.2) is 18.8 Å². The van der Waals surface area contributed by atoms with Crippen LogP contribution in [0.5, 0.6) is 5.75 Å². The first-order valence-corrected chi connectivity index (χ1v) is 10.1. The minimum Gasteiger partial charge on any atom is -0.496 e. The van der Waals surface area contributed by atoms with Gasteiger partial charge in [0.05, 0.1) is 18.7 Å². The summed E-state index contributed by atoms with van der Waals surface area (Å²) in [7, 11) is 1.70. The number of nitrogens with one attached hydrogen (secondary N) is 1. The second-order valence-corrected chi connectivity index (χ2v) is 8.04. The zero-order valence-electron chi connectivity index (χ0n) is 16.6. The van der Waals surface area contributed by atoms with Crippen molar-refractivity contribution in [1.29, 1.82) is 0 Å². The molecule has 2 aromatic rings. The van der Waals surface area contributed by atoms with Gasteiger partial charge in [-0.2, -0.15) is 0 Å². The molecule has 0 heterocycles. The average molecular weight is 372 g/mol. The van der Waals surface area contributed by atoms with Crippen molar-refractivity contribution < 1.29 is 9.53 Å². The third-order valence-electron chi connectivity index (χ3n) is 4.49. The van der Waals surface area contributed by atoms with Crippen molar-refractivity contribution in [2.45, 2.75) is 51.5 Å². The van der Waals surface area contributed by atoms with Gasteiger partial charge in [-0.3, -0.25) is 4.79 Å². The molecule has 0 fully saturated rings. The van der Waals surface area contributed by atoms with E-state index in [1.54, 1.807) is 18.9 Å². The Morgan fingerprint density at radius 1 is 1.15 bits per heavy atom. The van der Waals surface area contributed by atoms with E-state index in [0.717, 1.165) is 38.7 Å². The molecule has 0 saturated heterocycles. The second-order valence-electron chi connectivity index (χ2n) is 6.73. The number of carbonyl (C=O) groups is 1. The molecule has 0 aliphatic rings. The van der Waals surface area contributed by atoms with Crippen LogP contribution in [0.15, 0.2) is 41.3 Å². The summed E-state index contributed by atoms with van der Waals surface area (Å²) in [5, 5.41) is 3.16. The first kappa shape index (κ1) is 20.4. The molecule has 3 nitrogen and oxygen atoms in total. The Morgan fingerprint density at radius 3 is 2.46 bits per heavy atom. The maximum atomic E-state index is 12.8. The molecule has 0 aromatic heterocycles. The van der Waals surface area contributed by atoms with E-state index in [4.69, 9.17) is 4.74 Å². The summed E-state index contributed by atoms with van der Waals surface area (Å²) in [6, 6.07) is 11.9. The highest BCUT2D eigenvalue weighted by Crippen LogP contribution is 2.32. The van der Waals surface area contributed by atoms with E-state index in [1.165, 1.54) is 0 Å². The summed E-state index contributed by atoms with van der Waals surface area (Å²) >= 11 is 1.69. The fourth-order valence-electron chi connectivity index (χ4n) is 3.10. The van der Waals surface area contributed by atoms with E-state index in [2.05, 4.69) is 45.1 Å². The van der Waals surface area contributed by atoms with Gasteiger partial charge in [0.25, 0.3) is 5.91 Å². The van der Waals surface area contributed by atoms with Crippen molar-refractivity contribution in [2.75, 3.05) is 12.9 Å². The number of hydrogen-bond donors (Lipinski definition) is 1. The fourth-order valence-corrected chi connectivity index (χ4v) is 3.90. The van der Waals surface area contributed by atoms with Gasteiger partial charge in [-0.15, -0.1) is 11.8 Å². The van der Waals surface area contributed by atoms with Gasteiger partial charge < -0.3 is 10.1 Å². The molecule has 1 amide bonds. The largest absolute Gasteiger partial charge is 0.496 e. The molecular formula is C22H29NO2S. The van der Waals surface area contributed by atoms with Gasteiger partial charge in [0.2, 0.25) is 0 Å². The van der Waals surface area contributed by atoms with Gasteiger partial charge in [-0.25, -0.2) is 0 Å². The lowest BCUT2D eigenvalue weighted by Gasteiger charge is -2.21. The van der Waals surface area contributed by atoms with Gasteiger partial charge in [0.1, 0.15) is 5.75 Å². The predicted octanol–water partition coefficient (Wildman–Crippen LogP) is 5.73. The van der Waals surface area contributed by atoms with Crippen molar-refractivity contribution in [1.82, 2.24) is 5.32 Å². The topological polar surface area (TPSA) is 38.3 Å². The quantitative estimate of drug-likeness (QED) is 0.632. The van der Waals surface area contributed by atoms with E-state index < -0.39 is 0 Å². The van der Waals surface area contributed by atoms with E-state index in [0.29, 0.717) is 5.92 Å². The lowest BCUT2D eigenvalue weighted by Crippen LogP contribution is -2.27. The van der Waals surface area contributed by atoms with Crippen molar-refractivity contribution in [3.8, 4) is 5.75 Å². The minimum atomic E-state index is -0.0782. The van der Waals surface area contributed by atoms with Crippen molar-refractivity contribution in [3.05, 3.63) is 58.7 Å². The Labute approximate surface area is 161 Å². The van der Waals surface area contributed by atoms with Gasteiger partial charge in [-0.05, 0) is 66.5 Å². The zero-order chi connectivity index (χ0) is 19.3. The average Bonchev–Trinajstić information content (AvgIpc) is 2.61. The van der Waals surface area contributed by atoms with Crippen molar-refractivity contribution in [3.63, 3.8) is 0 Å². The number of amides is 1. The number of methoxy groups -OCH3 is 1. The first-order chi connectivity index (χ1) is 12.4. The van der Waals surface area contributed by atoms with E-state index in [-0.39, 0.29) is 11.9 Å². The van der Waals surface area contributed by atoms with Gasteiger partial charge in [0.15, 0.2) is 0 Å². The maximum Gasteiger partial charge on any atom is 0.252 e. The molecule has 2 rings (SSSR count). The molecule has 0 spiro atoms. The molecule has 0 unspecified atom stereocenters. The molecule has 1 atom stereocenters. The van der Waals surface area contributed by atoms with Crippen molar-refractivity contribution >= 4 is 17.7 Å². The number of ether oxygens (including phenoxy) is 1. The summed E-state index contributed by atoms with van der Waals surface area (Å²) in [5.74, 6) is 2.17. The van der Waals surface area contributed by atoms with Crippen LogP contribution in [-0.2, 0) is 0 Å². The van der Waals surface area contributed by atoms with E-state index in [9.17, 15) is 4.79 Å². The smallest absolute Gasteiger partial charge is 0.252 e. The summed E-state index contributed by atoms with van der Waals surface area (Å²) in [4.78, 5) is 13.9. The molecule has 0 aliphatic heterocycles. The summed E-state index contributed by atoms with van der Waals surface area (Å²) in [6.45, 7) is 10.5. The van der Waals surface area contributed by atoms with Crippen LogP contribution in [0.25, 0.3) is 0 Å². The SMILES string of the molecule is CCSc1ccccc1C(=O)N[C@@H](C)c1cc(C(C)C)c(OC)cc1C. The summed E-state index contributed by atoms with van der Waals surface area (Å²) < 4.78 is 5.53. The lowest BCUT2D eigenvalue weighted by molar-refractivity contribution is 0.0937. The Morgan fingerprint density at radius 2 is 1.85 bits per heavy atom. The zero-order valence-corrected chi connectivity index (χ0v) is 17.4. The van der Waals surface area contributed by atoms with Crippen LogP contribution in [0, 0.1) is 6.92 Å². The molecule has 0 bridgehead atoms. The molecule has 26 heavy (non-hydrogen) atoms. The maximum absolute atomic E-state index is 12.8. The fraction of sp³-hybridized carbons (Fsp3) is 0.409. The number of aryl methyl sites for hydroxylation is 1. The van der Waals surface area contributed by atoms with Crippen LogP contribution in [0.1, 0.15) is 66.7 Å². The van der Waals surface area contributed by atoms with Crippen LogP contribution >= 0.6 is 11.8 Å². The molecule has 2 aromatic carbocycles. The number of thioether (sulfide) groups is 1. The van der Waals surface area contributed by atoms with Crippen LogP contribution < -0.4 is 10.1 Å². The number of rotatable bonds is 7. The normalized spacial score (nSPS) is 12.1. The van der Waals surface area contributed by atoms with Gasteiger partial charge >= 0.3 is 0 Å². The van der Waals surface area contributed by atoms with E-state index in [1.807, 2.05) is 31.2 Å². The Bertz CT molecular complexity index is 771. The molecule has 0 radical (unpaired) electrons. The van der Waals surface area contributed by atoms with Gasteiger partial charge in [-0.1, -0.05) is 32.9 Å². The number of carbonyl (C=O) groups excluding carboxylic acids is 1. The Kier molecular flexibility index (Phi) is 7.15. The highest BCUT2D eigenvalue weighted by Gasteiger charge is 2.18. The van der Waals surface area contributed by atoms with E-state index >= 15 is 0 Å². The van der Waals surface area contributed by atoms with Crippen LogP contribution in [0.3, 0.4) is 0 Å². The number of hydrogen-bond acceptors (Lipinski definition) is 3. The first-order valence-electron chi connectivity index (χ1n) is 9.10. The Balaban J connectivity index is 2.29. The molecule has 1 N–H and O–H groups in total. The predicted molar refractivity (Wildman–Crippen MR) is 111 cm³/mol. The van der Waals surface area contributed by atoms with Gasteiger partial charge in [0, 0.05) is 4.90 Å². The van der Waals surface area contributed by atoms with Crippen LogP contribution in [0.2, 0.25) is 0 Å².